The summed E-state index contributed by atoms with van der Waals surface area (Å²) in [5, 5.41) is 6.88. The number of aromatic nitrogens is 2. The van der Waals surface area contributed by atoms with Crippen molar-refractivity contribution in [3.63, 3.8) is 0 Å². The minimum absolute atomic E-state index is 0.0563. The number of ether oxygens (including phenoxy) is 1. The Hall–Kier alpha value is -2.80. The van der Waals surface area contributed by atoms with Crippen LogP contribution in [0.5, 0.6) is 5.75 Å². The van der Waals surface area contributed by atoms with Crippen molar-refractivity contribution in [1.82, 2.24) is 10.1 Å². The van der Waals surface area contributed by atoms with Crippen LogP contribution in [0.4, 0.5) is 5.69 Å². The molecule has 2 aromatic carbocycles. The van der Waals surface area contributed by atoms with E-state index < -0.39 is 0 Å². The van der Waals surface area contributed by atoms with Gasteiger partial charge in [-0.3, -0.25) is 4.79 Å². The molecule has 0 aliphatic heterocycles. The van der Waals surface area contributed by atoms with Gasteiger partial charge < -0.3 is 14.6 Å². The van der Waals surface area contributed by atoms with E-state index in [-0.39, 0.29) is 5.91 Å². The monoisotopic (exact) mass is 369 g/mol. The first-order valence-corrected chi connectivity index (χ1v) is 9.21. The van der Waals surface area contributed by atoms with Gasteiger partial charge in [0.25, 0.3) is 0 Å². The van der Waals surface area contributed by atoms with E-state index >= 15 is 0 Å². The van der Waals surface area contributed by atoms with E-state index in [1.54, 1.807) is 7.11 Å². The second kappa shape index (κ2) is 8.53. The lowest BCUT2D eigenvalue weighted by molar-refractivity contribution is -0.113. The van der Waals surface area contributed by atoms with Crippen molar-refractivity contribution in [2.45, 2.75) is 12.7 Å². The van der Waals surface area contributed by atoms with Gasteiger partial charge in [-0.25, -0.2) is 0 Å². The number of rotatable bonds is 7. The van der Waals surface area contributed by atoms with Gasteiger partial charge in [0.2, 0.25) is 17.6 Å². The van der Waals surface area contributed by atoms with Gasteiger partial charge in [0.15, 0.2) is 0 Å². The largest absolute Gasteiger partial charge is 0.497 e. The lowest BCUT2D eigenvalue weighted by Crippen LogP contribution is -2.14. The molecule has 1 amide bonds. The van der Waals surface area contributed by atoms with Crippen molar-refractivity contribution >= 4 is 23.4 Å². The van der Waals surface area contributed by atoms with E-state index in [2.05, 4.69) is 15.5 Å². The normalized spacial score (nSPS) is 10.5. The van der Waals surface area contributed by atoms with E-state index in [0.717, 1.165) is 22.6 Å². The van der Waals surface area contributed by atoms with Crippen LogP contribution in [0.25, 0.3) is 11.4 Å². The van der Waals surface area contributed by atoms with Crippen molar-refractivity contribution in [2.75, 3.05) is 18.2 Å². The fraction of sp³-hybridized carbons (Fsp3) is 0.211. The Morgan fingerprint density at radius 1 is 1.19 bits per heavy atom. The van der Waals surface area contributed by atoms with Crippen LogP contribution in [0, 0.1) is 6.92 Å². The van der Waals surface area contributed by atoms with Crippen molar-refractivity contribution in [1.29, 1.82) is 0 Å². The van der Waals surface area contributed by atoms with Crippen LogP contribution in [-0.2, 0) is 10.5 Å². The summed E-state index contributed by atoms with van der Waals surface area (Å²) in [6.07, 6.45) is 0. The van der Waals surface area contributed by atoms with E-state index in [4.69, 9.17) is 9.26 Å². The number of hydrogen-bond acceptors (Lipinski definition) is 6. The Kier molecular flexibility index (Phi) is 5.91. The number of carbonyl (C=O) groups excluding carboxylic acids is 1. The van der Waals surface area contributed by atoms with Crippen LogP contribution in [0.15, 0.2) is 53.1 Å². The summed E-state index contributed by atoms with van der Waals surface area (Å²) in [5.41, 5.74) is 2.72. The molecule has 0 radical (unpaired) electrons. The van der Waals surface area contributed by atoms with Crippen LogP contribution in [-0.4, -0.2) is 28.9 Å². The summed E-state index contributed by atoms with van der Waals surface area (Å²) in [7, 11) is 1.62. The lowest BCUT2D eigenvalue weighted by Gasteiger charge is -2.07. The van der Waals surface area contributed by atoms with Crippen LogP contribution >= 0.6 is 11.8 Å². The van der Waals surface area contributed by atoms with Crippen LogP contribution in [0.2, 0.25) is 0 Å². The molecule has 0 unspecified atom stereocenters. The zero-order valence-electron chi connectivity index (χ0n) is 14.6. The Morgan fingerprint density at radius 2 is 1.96 bits per heavy atom. The van der Waals surface area contributed by atoms with Crippen LogP contribution < -0.4 is 10.1 Å². The fourth-order valence-corrected chi connectivity index (χ4v) is 2.95. The number of para-hydroxylation sites is 1. The highest BCUT2D eigenvalue weighted by molar-refractivity contribution is 7.99. The summed E-state index contributed by atoms with van der Waals surface area (Å²) in [6, 6.07) is 15.1. The number of aryl methyl sites for hydroxylation is 1. The van der Waals surface area contributed by atoms with Gasteiger partial charge in [-0.1, -0.05) is 23.4 Å². The highest BCUT2D eigenvalue weighted by Crippen LogP contribution is 2.21. The molecule has 0 saturated carbocycles. The maximum absolute atomic E-state index is 12.0. The molecule has 0 spiro atoms. The quantitative estimate of drug-likeness (QED) is 0.680. The molecule has 7 heteroatoms. The Balaban J connectivity index is 1.50. The van der Waals surface area contributed by atoms with Crippen LogP contribution in [0.3, 0.4) is 0 Å². The molecule has 1 aromatic heterocycles. The van der Waals surface area contributed by atoms with Crippen molar-refractivity contribution in [3.05, 3.63) is 60.0 Å². The maximum Gasteiger partial charge on any atom is 0.236 e. The summed E-state index contributed by atoms with van der Waals surface area (Å²) in [5.74, 6) is 2.52. The summed E-state index contributed by atoms with van der Waals surface area (Å²) in [6.45, 7) is 1.96. The van der Waals surface area contributed by atoms with E-state index in [1.165, 1.54) is 11.8 Å². The smallest absolute Gasteiger partial charge is 0.236 e. The fourth-order valence-electron chi connectivity index (χ4n) is 2.30. The number of hydrogen-bond donors (Lipinski definition) is 1. The first-order chi connectivity index (χ1) is 12.7. The predicted molar refractivity (Wildman–Crippen MR) is 102 cm³/mol. The molecule has 0 aliphatic carbocycles. The van der Waals surface area contributed by atoms with E-state index in [9.17, 15) is 4.79 Å². The molecule has 26 heavy (non-hydrogen) atoms. The Labute approximate surface area is 156 Å². The molecule has 3 aromatic rings. The molecule has 0 atom stereocenters. The first kappa shape index (κ1) is 18.0. The van der Waals surface area contributed by atoms with Crippen molar-refractivity contribution in [3.8, 4) is 17.1 Å². The minimum Gasteiger partial charge on any atom is -0.497 e. The van der Waals surface area contributed by atoms with Gasteiger partial charge in [-0.15, -0.1) is 11.8 Å². The van der Waals surface area contributed by atoms with Crippen LogP contribution in [0.1, 0.15) is 11.5 Å². The zero-order valence-corrected chi connectivity index (χ0v) is 15.4. The van der Waals surface area contributed by atoms with Gasteiger partial charge in [0, 0.05) is 11.3 Å². The maximum atomic E-state index is 12.0. The Bertz CT molecular complexity index is 878. The number of amides is 1. The highest BCUT2D eigenvalue weighted by Gasteiger charge is 2.10. The number of benzene rings is 2. The predicted octanol–water partition coefficient (Wildman–Crippen LogP) is 3.93. The van der Waals surface area contributed by atoms with Gasteiger partial charge in [-0.05, 0) is 42.8 Å². The summed E-state index contributed by atoms with van der Waals surface area (Å²) < 4.78 is 10.4. The minimum atomic E-state index is -0.0563. The average Bonchev–Trinajstić information content (AvgIpc) is 3.12. The third kappa shape index (κ3) is 4.64. The molecule has 1 heterocycles. The van der Waals surface area contributed by atoms with Crippen molar-refractivity contribution < 1.29 is 14.1 Å². The molecule has 6 nitrogen and oxygen atoms in total. The van der Waals surface area contributed by atoms with E-state index in [0.29, 0.717) is 23.2 Å². The molecule has 0 fully saturated rings. The number of methoxy groups -OCH3 is 1. The lowest BCUT2D eigenvalue weighted by atomic mass is 10.2. The molecular formula is C19H19N3O3S. The molecule has 0 bridgehead atoms. The first-order valence-electron chi connectivity index (χ1n) is 8.06. The topological polar surface area (TPSA) is 77.2 Å². The van der Waals surface area contributed by atoms with Gasteiger partial charge in [0.05, 0.1) is 18.6 Å². The molecule has 1 N–H and O–H groups in total. The third-order valence-corrected chi connectivity index (χ3v) is 4.61. The number of carbonyl (C=O) groups is 1. The number of nitrogens with one attached hydrogen (secondary N) is 1. The second-order valence-electron chi connectivity index (χ2n) is 5.60. The second-order valence-corrected chi connectivity index (χ2v) is 6.58. The number of nitrogens with zero attached hydrogens (tertiary/aromatic N) is 2. The molecular weight excluding hydrogens is 350 g/mol. The number of anilines is 1. The highest BCUT2D eigenvalue weighted by atomic mass is 32.2. The molecule has 3 rings (SSSR count). The van der Waals surface area contributed by atoms with Gasteiger partial charge >= 0.3 is 0 Å². The standard InChI is InChI=1S/C19H19N3O3S/c1-13-5-3-4-6-16(13)20-17(23)11-26-12-18-21-19(22-25-18)14-7-9-15(24-2)10-8-14/h3-10H,11-12H2,1-2H3,(H,20,23). The van der Waals surface area contributed by atoms with Gasteiger partial charge in [-0.2, -0.15) is 4.98 Å². The average molecular weight is 369 g/mol. The molecule has 0 aliphatic rings. The van der Waals surface area contributed by atoms with Crippen molar-refractivity contribution in [2.24, 2.45) is 0 Å². The summed E-state index contributed by atoms with van der Waals surface area (Å²) >= 11 is 1.43. The molecule has 0 saturated heterocycles. The Morgan fingerprint density at radius 3 is 2.69 bits per heavy atom. The zero-order chi connectivity index (χ0) is 18.4. The third-order valence-electron chi connectivity index (χ3n) is 3.69. The SMILES string of the molecule is COc1ccc(-c2noc(CSCC(=O)Nc3ccccc3C)n2)cc1. The number of thioether (sulfide) groups is 1. The van der Waals surface area contributed by atoms with E-state index in [1.807, 2.05) is 55.5 Å². The summed E-state index contributed by atoms with van der Waals surface area (Å²) in [4.78, 5) is 16.4. The van der Waals surface area contributed by atoms with Gasteiger partial charge in [0.1, 0.15) is 5.75 Å². The molecule has 134 valence electrons.